The van der Waals surface area contributed by atoms with Crippen LogP contribution >= 0.6 is 0 Å². The molecule has 7 heteroatoms. The highest BCUT2D eigenvalue weighted by atomic mass is 32.2. The van der Waals surface area contributed by atoms with Gasteiger partial charge in [-0.1, -0.05) is 30.3 Å². The number of piperidine rings is 1. The molecule has 3 heterocycles. The first-order valence-corrected chi connectivity index (χ1v) is 11.6. The van der Waals surface area contributed by atoms with Gasteiger partial charge in [0.2, 0.25) is 10.0 Å². The van der Waals surface area contributed by atoms with Gasteiger partial charge in [-0.05, 0) is 36.7 Å². The Morgan fingerprint density at radius 3 is 2.56 bits per heavy atom. The maximum absolute atomic E-state index is 12.7. The molecule has 2 atom stereocenters. The van der Waals surface area contributed by atoms with Crippen molar-refractivity contribution in [1.82, 2.24) is 9.21 Å². The van der Waals surface area contributed by atoms with E-state index in [2.05, 4.69) is 4.90 Å². The van der Waals surface area contributed by atoms with Crippen LogP contribution in [0.4, 0.5) is 0 Å². The molecular formula is C20H30N2O4S. The molecule has 0 amide bonds. The zero-order valence-corrected chi connectivity index (χ0v) is 16.6. The molecule has 3 saturated heterocycles. The highest BCUT2D eigenvalue weighted by Gasteiger charge is 2.44. The number of ether oxygens (including phenoxy) is 1. The van der Waals surface area contributed by atoms with Crippen LogP contribution in [0.15, 0.2) is 30.3 Å². The van der Waals surface area contributed by atoms with Crippen LogP contribution in [0.5, 0.6) is 0 Å². The SMILES string of the molecule is O=S(=O)(Cc1ccccc1)N1CCC2(CC1)CO[C@H](CN1CC[C@H](O)C1)C2. The largest absolute Gasteiger partial charge is 0.392 e. The summed E-state index contributed by atoms with van der Waals surface area (Å²) in [5.41, 5.74) is 0.969. The topological polar surface area (TPSA) is 70.1 Å². The van der Waals surface area contributed by atoms with Crippen LogP contribution in [0, 0.1) is 5.41 Å². The van der Waals surface area contributed by atoms with Gasteiger partial charge < -0.3 is 9.84 Å². The molecule has 1 spiro atoms. The predicted octanol–water partition coefficient (Wildman–Crippen LogP) is 1.45. The fourth-order valence-electron chi connectivity index (χ4n) is 4.74. The van der Waals surface area contributed by atoms with Gasteiger partial charge >= 0.3 is 0 Å². The monoisotopic (exact) mass is 394 g/mol. The smallest absolute Gasteiger partial charge is 0.218 e. The molecule has 1 aromatic rings. The Hall–Kier alpha value is -0.990. The second-order valence-electron chi connectivity index (χ2n) is 8.48. The van der Waals surface area contributed by atoms with E-state index >= 15 is 0 Å². The number of hydrogen-bond acceptors (Lipinski definition) is 5. The van der Waals surface area contributed by atoms with Crippen molar-refractivity contribution in [2.45, 2.75) is 43.6 Å². The van der Waals surface area contributed by atoms with Crippen LogP contribution in [0.2, 0.25) is 0 Å². The van der Waals surface area contributed by atoms with Gasteiger partial charge in [0.1, 0.15) is 0 Å². The Morgan fingerprint density at radius 2 is 1.89 bits per heavy atom. The molecule has 1 N–H and O–H groups in total. The van der Waals surface area contributed by atoms with Crippen LogP contribution in [-0.4, -0.2) is 74.3 Å². The van der Waals surface area contributed by atoms with Crippen LogP contribution in [0.1, 0.15) is 31.2 Å². The fourth-order valence-corrected chi connectivity index (χ4v) is 6.28. The van der Waals surface area contributed by atoms with Gasteiger partial charge in [0.05, 0.1) is 24.6 Å². The van der Waals surface area contributed by atoms with E-state index in [9.17, 15) is 13.5 Å². The fraction of sp³-hybridized carbons (Fsp3) is 0.700. The van der Waals surface area contributed by atoms with Crippen molar-refractivity contribution in [3.8, 4) is 0 Å². The van der Waals surface area contributed by atoms with E-state index in [0.29, 0.717) is 13.1 Å². The lowest BCUT2D eigenvalue weighted by atomic mass is 9.77. The molecule has 0 unspecified atom stereocenters. The quantitative estimate of drug-likeness (QED) is 0.819. The summed E-state index contributed by atoms with van der Waals surface area (Å²) in [6, 6.07) is 9.40. The molecule has 6 nitrogen and oxygen atoms in total. The lowest BCUT2D eigenvalue weighted by Crippen LogP contribution is -2.44. The minimum Gasteiger partial charge on any atom is -0.392 e. The molecule has 0 aromatic heterocycles. The van der Waals surface area contributed by atoms with Crippen molar-refractivity contribution in [1.29, 1.82) is 0 Å². The van der Waals surface area contributed by atoms with Gasteiger partial charge in [0, 0.05) is 32.7 Å². The summed E-state index contributed by atoms with van der Waals surface area (Å²) in [4.78, 5) is 2.29. The van der Waals surface area contributed by atoms with Crippen molar-refractivity contribution >= 4 is 10.0 Å². The summed E-state index contributed by atoms with van der Waals surface area (Å²) in [6.07, 6.45) is 3.62. The zero-order chi connectivity index (χ0) is 18.9. The van der Waals surface area contributed by atoms with Crippen LogP contribution < -0.4 is 0 Å². The summed E-state index contributed by atoms with van der Waals surface area (Å²) in [5.74, 6) is 0.0806. The number of nitrogens with zero attached hydrogens (tertiary/aromatic N) is 2. The first kappa shape index (κ1) is 19.3. The van der Waals surface area contributed by atoms with Gasteiger partial charge in [-0.2, -0.15) is 0 Å². The lowest BCUT2D eigenvalue weighted by molar-refractivity contribution is 0.0598. The number of β-amino-alcohol motifs (C(OH)–C–C–N with tert-alkyl or cyclic N) is 1. The van der Waals surface area contributed by atoms with E-state index in [1.165, 1.54) is 0 Å². The highest BCUT2D eigenvalue weighted by molar-refractivity contribution is 7.88. The predicted molar refractivity (Wildman–Crippen MR) is 104 cm³/mol. The van der Waals surface area contributed by atoms with E-state index in [-0.39, 0.29) is 23.4 Å². The summed E-state index contributed by atoms with van der Waals surface area (Å²) >= 11 is 0. The number of aliphatic hydroxyl groups is 1. The van der Waals surface area contributed by atoms with Gasteiger partial charge in [-0.15, -0.1) is 0 Å². The number of likely N-dealkylation sites (tertiary alicyclic amines) is 1. The van der Waals surface area contributed by atoms with E-state index in [0.717, 1.165) is 57.5 Å². The molecule has 0 bridgehead atoms. The summed E-state index contributed by atoms with van der Waals surface area (Å²) in [5, 5.41) is 9.68. The van der Waals surface area contributed by atoms with E-state index < -0.39 is 10.0 Å². The number of benzene rings is 1. The third-order valence-corrected chi connectivity index (χ3v) is 8.21. The number of rotatable bonds is 5. The van der Waals surface area contributed by atoms with Crippen molar-refractivity contribution in [3.63, 3.8) is 0 Å². The van der Waals surface area contributed by atoms with Crippen molar-refractivity contribution in [2.24, 2.45) is 5.41 Å². The van der Waals surface area contributed by atoms with E-state index in [4.69, 9.17) is 4.74 Å². The number of sulfonamides is 1. The number of hydrogen-bond donors (Lipinski definition) is 1. The summed E-state index contributed by atoms with van der Waals surface area (Å²) in [7, 11) is -3.26. The van der Waals surface area contributed by atoms with Gasteiger partial charge in [-0.3, -0.25) is 4.90 Å². The summed E-state index contributed by atoms with van der Waals surface area (Å²) < 4.78 is 33.2. The molecule has 0 aliphatic carbocycles. The molecule has 150 valence electrons. The first-order valence-electron chi connectivity index (χ1n) is 9.98. The molecule has 27 heavy (non-hydrogen) atoms. The second kappa shape index (κ2) is 7.79. The van der Waals surface area contributed by atoms with Crippen molar-refractivity contribution in [2.75, 3.05) is 39.3 Å². The third-order valence-electron chi connectivity index (χ3n) is 6.36. The van der Waals surface area contributed by atoms with E-state index in [1.54, 1.807) is 4.31 Å². The lowest BCUT2D eigenvalue weighted by Gasteiger charge is -2.37. The maximum Gasteiger partial charge on any atom is 0.218 e. The molecule has 4 rings (SSSR count). The Balaban J connectivity index is 1.29. The zero-order valence-electron chi connectivity index (χ0n) is 15.8. The highest BCUT2D eigenvalue weighted by Crippen LogP contribution is 2.42. The second-order valence-corrected chi connectivity index (χ2v) is 10.4. The maximum atomic E-state index is 12.7. The molecular weight excluding hydrogens is 364 g/mol. The number of aliphatic hydroxyl groups excluding tert-OH is 1. The molecule has 3 aliphatic heterocycles. The van der Waals surface area contributed by atoms with Crippen molar-refractivity contribution in [3.05, 3.63) is 35.9 Å². The van der Waals surface area contributed by atoms with Gasteiger partial charge in [-0.25, -0.2) is 12.7 Å². The van der Waals surface area contributed by atoms with Crippen LogP contribution in [0.25, 0.3) is 0 Å². The van der Waals surface area contributed by atoms with Gasteiger partial charge in [0.25, 0.3) is 0 Å². The minimum atomic E-state index is -3.26. The Labute approximate surface area is 162 Å². The average Bonchev–Trinajstić information content (AvgIpc) is 3.22. The molecule has 0 saturated carbocycles. The standard InChI is InChI=1S/C20H30N2O4S/c23-18-6-9-21(13-18)14-19-12-20(16-26-19)7-10-22(11-8-20)27(24,25)15-17-4-2-1-3-5-17/h1-5,18-19,23H,6-16H2/t18-,19-/m0/s1. The van der Waals surface area contributed by atoms with Crippen LogP contribution in [0.3, 0.4) is 0 Å². The first-order chi connectivity index (χ1) is 12.9. The molecule has 3 aliphatic rings. The minimum absolute atomic E-state index is 0.0806. The Kier molecular flexibility index (Phi) is 5.58. The Bertz CT molecular complexity index is 732. The normalized spacial score (nSPS) is 29.5. The van der Waals surface area contributed by atoms with Gasteiger partial charge in [0.15, 0.2) is 0 Å². The van der Waals surface area contributed by atoms with Crippen LogP contribution in [-0.2, 0) is 20.5 Å². The summed E-state index contributed by atoms with van der Waals surface area (Å²) in [6.45, 7) is 4.49. The molecule has 3 fully saturated rings. The van der Waals surface area contributed by atoms with E-state index in [1.807, 2.05) is 30.3 Å². The average molecular weight is 395 g/mol. The third kappa shape index (κ3) is 4.54. The Morgan fingerprint density at radius 1 is 1.15 bits per heavy atom. The van der Waals surface area contributed by atoms with Crippen molar-refractivity contribution < 1.29 is 18.3 Å². The molecule has 0 radical (unpaired) electrons. The molecule has 1 aromatic carbocycles.